The highest BCUT2D eigenvalue weighted by Crippen LogP contribution is 2.17. The molecule has 28 heavy (non-hydrogen) atoms. The quantitative estimate of drug-likeness (QED) is 0.361. The summed E-state index contributed by atoms with van der Waals surface area (Å²) >= 11 is 0. The number of primary amides is 1. The molecular weight excluding hydrogens is 357 g/mol. The molecule has 0 radical (unpaired) electrons. The first-order valence-corrected chi connectivity index (χ1v) is 10.2. The maximum atomic E-state index is 13.8. The molecule has 4 N–H and O–H groups in total. The molecule has 7 heteroatoms. The molecule has 1 saturated heterocycles. The number of hydrogen-bond acceptors (Lipinski definition) is 3. The van der Waals surface area contributed by atoms with Crippen LogP contribution in [0.15, 0.2) is 23.2 Å². The number of nitrogens with two attached hydrogens (primary N) is 1. The third-order valence-electron chi connectivity index (χ3n) is 5.46. The van der Waals surface area contributed by atoms with Crippen molar-refractivity contribution in [2.24, 2.45) is 16.6 Å². The fourth-order valence-corrected chi connectivity index (χ4v) is 3.47. The lowest BCUT2D eigenvalue weighted by Gasteiger charge is -2.30. The molecule has 0 aliphatic carbocycles. The molecule has 156 valence electrons. The average Bonchev–Trinajstić information content (AvgIpc) is 2.69. The third-order valence-corrected chi connectivity index (χ3v) is 5.46. The number of carbonyl (C=O) groups is 1. The maximum Gasteiger partial charge on any atom is 0.220 e. The zero-order chi connectivity index (χ0) is 20.5. The van der Waals surface area contributed by atoms with Gasteiger partial charge in [-0.25, -0.2) is 4.39 Å². The second-order valence-corrected chi connectivity index (χ2v) is 7.60. The summed E-state index contributed by atoms with van der Waals surface area (Å²) in [6.07, 6.45) is 3.87. The van der Waals surface area contributed by atoms with Gasteiger partial charge in [0.15, 0.2) is 5.96 Å². The van der Waals surface area contributed by atoms with E-state index in [1.54, 1.807) is 26.1 Å². The van der Waals surface area contributed by atoms with Crippen LogP contribution in [0.2, 0.25) is 0 Å². The molecule has 0 spiro atoms. The van der Waals surface area contributed by atoms with Crippen molar-refractivity contribution in [1.82, 2.24) is 15.5 Å². The van der Waals surface area contributed by atoms with Crippen LogP contribution in [0.5, 0.6) is 0 Å². The number of hydrogen-bond donors (Lipinski definition) is 3. The highest BCUT2D eigenvalue weighted by molar-refractivity contribution is 5.80. The molecule has 0 aromatic heterocycles. The van der Waals surface area contributed by atoms with Gasteiger partial charge in [-0.3, -0.25) is 9.79 Å². The number of halogens is 1. The predicted octanol–water partition coefficient (Wildman–Crippen LogP) is 2.34. The zero-order valence-corrected chi connectivity index (χ0v) is 17.3. The van der Waals surface area contributed by atoms with Crippen LogP contribution < -0.4 is 16.4 Å². The zero-order valence-electron chi connectivity index (χ0n) is 17.3. The second-order valence-electron chi connectivity index (χ2n) is 7.60. The lowest BCUT2D eigenvalue weighted by molar-refractivity contribution is -0.123. The van der Waals surface area contributed by atoms with Crippen molar-refractivity contribution in [3.05, 3.63) is 35.1 Å². The molecule has 0 saturated carbocycles. The summed E-state index contributed by atoms with van der Waals surface area (Å²) in [4.78, 5) is 17.9. The molecule has 1 aromatic carbocycles. The number of nitrogens with zero attached hydrogens (tertiary/aromatic N) is 2. The number of likely N-dealkylation sites (tertiary alicyclic amines) is 1. The minimum Gasteiger partial charge on any atom is -0.369 e. The first-order valence-electron chi connectivity index (χ1n) is 10.2. The lowest BCUT2D eigenvalue weighted by atomic mass is 9.96. The molecule has 2 rings (SSSR count). The minimum absolute atomic E-state index is 0.0344. The van der Waals surface area contributed by atoms with Gasteiger partial charge < -0.3 is 21.3 Å². The van der Waals surface area contributed by atoms with Crippen LogP contribution in [0.4, 0.5) is 4.39 Å². The Labute approximate surface area is 167 Å². The monoisotopic (exact) mass is 391 g/mol. The third kappa shape index (κ3) is 6.78. The Morgan fingerprint density at radius 3 is 2.68 bits per heavy atom. The van der Waals surface area contributed by atoms with Gasteiger partial charge in [0.2, 0.25) is 5.91 Å². The Hall–Kier alpha value is -2.15. The Bertz CT molecular complexity index is 671. The van der Waals surface area contributed by atoms with Gasteiger partial charge in [-0.2, -0.15) is 0 Å². The molecule has 0 bridgehead atoms. The van der Waals surface area contributed by atoms with Gasteiger partial charge in [0.05, 0.1) is 6.04 Å². The van der Waals surface area contributed by atoms with Gasteiger partial charge in [0.25, 0.3) is 0 Å². The number of aliphatic imine (C=N–C) groups is 1. The molecular formula is C21H34FN5O. The predicted molar refractivity (Wildman–Crippen MR) is 112 cm³/mol. The first kappa shape index (κ1) is 22.1. The van der Waals surface area contributed by atoms with Crippen molar-refractivity contribution >= 4 is 11.9 Å². The van der Waals surface area contributed by atoms with E-state index in [1.807, 2.05) is 13.0 Å². The van der Waals surface area contributed by atoms with Crippen molar-refractivity contribution in [3.63, 3.8) is 0 Å². The Morgan fingerprint density at radius 1 is 1.36 bits per heavy atom. The van der Waals surface area contributed by atoms with Crippen molar-refractivity contribution in [1.29, 1.82) is 0 Å². The summed E-state index contributed by atoms with van der Waals surface area (Å²) in [6.45, 7) is 7.53. The van der Waals surface area contributed by atoms with Crippen molar-refractivity contribution in [2.45, 2.75) is 45.6 Å². The molecule has 1 atom stereocenters. The highest BCUT2D eigenvalue weighted by atomic mass is 19.1. The lowest BCUT2D eigenvalue weighted by Crippen LogP contribution is -2.40. The van der Waals surface area contributed by atoms with Crippen LogP contribution in [0, 0.1) is 18.7 Å². The number of carbonyl (C=O) groups excluding carboxylic acids is 1. The van der Waals surface area contributed by atoms with Crippen LogP contribution >= 0.6 is 0 Å². The fourth-order valence-electron chi connectivity index (χ4n) is 3.47. The van der Waals surface area contributed by atoms with Gasteiger partial charge in [0.1, 0.15) is 5.82 Å². The van der Waals surface area contributed by atoms with Gasteiger partial charge in [-0.05, 0) is 76.4 Å². The molecule has 1 aromatic rings. The first-order chi connectivity index (χ1) is 13.4. The second kappa shape index (κ2) is 11.0. The maximum absolute atomic E-state index is 13.8. The normalized spacial score (nSPS) is 17.4. The van der Waals surface area contributed by atoms with E-state index in [0.29, 0.717) is 5.56 Å². The van der Waals surface area contributed by atoms with E-state index in [4.69, 9.17) is 5.73 Å². The number of amides is 1. The van der Waals surface area contributed by atoms with Crippen LogP contribution in [0.3, 0.4) is 0 Å². The molecule has 1 unspecified atom stereocenters. The summed E-state index contributed by atoms with van der Waals surface area (Å²) in [5.41, 5.74) is 6.92. The number of piperidine rings is 1. The number of aryl methyl sites for hydroxylation is 1. The molecule has 1 aliphatic heterocycles. The standard InChI is InChI=1S/C21H34FN5O/c1-15-6-7-18(14-19(15)22)16(2)26-21(24-3)25-10-4-5-11-27-12-8-17(9-13-27)20(23)28/h6-7,14,16-17H,4-5,8-13H2,1-3H3,(H2,23,28)(H2,24,25,26). The Kier molecular flexibility index (Phi) is 8.70. The smallest absolute Gasteiger partial charge is 0.220 e. The summed E-state index contributed by atoms with van der Waals surface area (Å²) in [5.74, 6) is 0.423. The molecule has 1 amide bonds. The van der Waals surface area contributed by atoms with Gasteiger partial charge in [0, 0.05) is 19.5 Å². The SMILES string of the molecule is CN=C(NCCCCN1CCC(C(N)=O)CC1)NC(C)c1ccc(C)c(F)c1. The van der Waals surface area contributed by atoms with Crippen LogP contribution in [-0.4, -0.2) is 50.0 Å². The molecule has 1 aliphatic rings. The highest BCUT2D eigenvalue weighted by Gasteiger charge is 2.22. The number of benzene rings is 1. The molecule has 1 fully saturated rings. The summed E-state index contributed by atoms with van der Waals surface area (Å²) in [5, 5.41) is 6.62. The van der Waals surface area contributed by atoms with Crippen molar-refractivity contribution in [2.75, 3.05) is 33.2 Å². The largest absolute Gasteiger partial charge is 0.369 e. The number of nitrogens with one attached hydrogen (secondary N) is 2. The topological polar surface area (TPSA) is 82.8 Å². The average molecular weight is 392 g/mol. The Balaban J connectivity index is 1.64. The number of rotatable bonds is 8. The van der Waals surface area contributed by atoms with E-state index in [0.717, 1.165) is 63.4 Å². The van der Waals surface area contributed by atoms with Gasteiger partial charge in [-0.15, -0.1) is 0 Å². The number of unbranched alkanes of at least 4 members (excludes halogenated alkanes) is 1. The van der Waals surface area contributed by atoms with Crippen LogP contribution in [0.25, 0.3) is 0 Å². The van der Waals surface area contributed by atoms with Crippen molar-refractivity contribution in [3.8, 4) is 0 Å². The number of guanidine groups is 1. The van der Waals surface area contributed by atoms with Crippen LogP contribution in [0.1, 0.15) is 49.8 Å². The van der Waals surface area contributed by atoms with Gasteiger partial charge in [-0.1, -0.05) is 12.1 Å². The minimum atomic E-state index is -0.186. The molecule has 1 heterocycles. The summed E-state index contributed by atoms with van der Waals surface area (Å²) < 4.78 is 13.8. The van der Waals surface area contributed by atoms with Crippen molar-refractivity contribution < 1.29 is 9.18 Å². The van der Waals surface area contributed by atoms with Gasteiger partial charge >= 0.3 is 0 Å². The van der Waals surface area contributed by atoms with E-state index >= 15 is 0 Å². The molecule has 6 nitrogen and oxygen atoms in total. The summed E-state index contributed by atoms with van der Waals surface area (Å²) in [6, 6.07) is 5.27. The van der Waals surface area contributed by atoms with E-state index in [2.05, 4.69) is 20.5 Å². The van der Waals surface area contributed by atoms with E-state index in [-0.39, 0.29) is 23.7 Å². The van der Waals surface area contributed by atoms with E-state index < -0.39 is 0 Å². The van der Waals surface area contributed by atoms with E-state index in [9.17, 15) is 9.18 Å². The summed E-state index contributed by atoms with van der Waals surface area (Å²) in [7, 11) is 1.74. The fraction of sp³-hybridized carbons (Fsp3) is 0.619. The van der Waals surface area contributed by atoms with Crippen LogP contribution in [-0.2, 0) is 4.79 Å². The van der Waals surface area contributed by atoms with E-state index in [1.165, 1.54) is 0 Å². The Morgan fingerprint density at radius 2 is 2.07 bits per heavy atom.